The zero-order valence-electron chi connectivity index (χ0n) is 22.2. The van der Waals surface area contributed by atoms with E-state index in [-0.39, 0.29) is 48.7 Å². The summed E-state index contributed by atoms with van der Waals surface area (Å²) in [6, 6.07) is 6.51. The SMILES string of the molecule is C=CCCOC(=O)[C@@H]1[C@H]2C(=O)N(CCCCO)C(C(=O)N(CC=C)c3ccc(OC)cc3)C23S[C@@H]1CC3C. The summed E-state index contributed by atoms with van der Waals surface area (Å²) in [5.41, 5.74) is 0.684. The number of likely N-dealkylation sites (tertiary alicyclic amines) is 1. The topological polar surface area (TPSA) is 96.4 Å². The molecule has 0 radical (unpaired) electrons. The van der Waals surface area contributed by atoms with Gasteiger partial charge in [0.1, 0.15) is 11.8 Å². The molecule has 3 aliphatic rings. The Morgan fingerprint density at radius 3 is 2.61 bits per heavy atom. The van der Waals surface area contributed by atoms with Gasteiger partial charge in [0, 0.05) is 30.6 Å². The molecule has 3 fully saturated rings. The van der Waals surface area contributed by atoms with E-state index in [9.17, 15) is 19.5 Å². The first kappa shape index (κ1) is 28.2. The van der Waals surface area contributed by atoms with Gasteiger partial charge in [-0.1, -0.05) is 19.1 Å². The molecule has 1 aromatic rings. The van der Waals surface area contributed by atoms with Crippen LogP contribution in [-0.4, -0.2) is 77.2 Å². The zero-order valence-corrected chi connectivity index (χ0v) is 23.0. The minimum atomic E-state index is -0.739. The Bertz CT molecular complexity index is 1060. The fraction of sp³-hybridized carbons (Fsp3) is 0.552. The fourth-order valence-electron chi connectivity index (χ4n) is 6.40. The summed E-state index contributed by atoms with van der Waals surface area (Å²) in [5.74, 6) is -1.18. The van der Waals surface area contributed by atoms with Crippen molar-refractivity contribution in [3.63, 3.8) is 0 Å². The molecule has 1 aromatic carbocycles. The van der Waals surface area contributed by atoms with E-state index < -0.39 is 22.6 Å². The number of aliphatic hydroxyl groups excluding tert-OH is 1. The first-order valence-corrected chi connectivity index (χ1v) is 14.2. The first-order chi connectivity index (χ1) is 18.3. The van der Waals surface area contributed by atoms with E-state index in [2.05, 4.69) is 20.1 Å². The van der Waals surface area contributed by atoms with Crippen LogP contribution in [-0.2, 0) is 19.1 Å². The predicted octanol–water partition coefficient (Wildman–Crippen LogP) is 3.44. The number of fused-ring (bicyclic) bond motifs is 1. The van der Waals surface area contributed by atoms with Crippen LogP contribution in [0.25, 0.3) is 0 Å². The van der Waals surface area contributed by atoms with E-state index in [1.165, 1.54) is 0 Å². The van der Waals surface area contributed by atoms with Gasteiger partial charge in [0.15, 0.2) is 0 Å². The van der Waals surface area contributed by atoms with Crippen LogP contribution in [0.4, 0.5) is 5.69 Å². The Balaban J connectivity index is 1.74. The molecule has 3 heterocycles. The van der Waals surface area contributed by atoms with E-state index >= 15 is 0 Å². The largest absolute Gasteiger partial charge is 0.497 e. The summed E-state index contributed by atoms with van der Waals surface area (Å²) in [4.78, 5) is 45.2. The Kier molecular flexibility index (Phi) is 8.88. The number of amides is 2. The number of nitrogens with zero attached hydrogens (tertiary/aromatic N) is 2. The van der Waals surface area contributed by atoms with Gasteiger partial charge in [-0.3, -0.25) is 14.4 Å². The van der Waals surface area contributed by atoms with Crippen molar-refractivity contribution in [1.29, 1.82) is 0 Å². The van der Waals surface area contributed by atoms with Gasteiger partial charge < -0.3 is 24.4 Å². The summed E-state index contributed by atoms with van der Waals surface area (Å²) < 4.78 is 10.1. The van der Waals surface area contributed by atoms with Gasteiger partial charge in [0.2, 0.25) is 5.91 Å². The van der Waals surface area contributed by atoms with Crippen molar-refractivity contribution in [3.05, 3.63) is 49.6 Å². The lowest BCUT2D eigenvalue weighted by Crippen LogP contribution is -2.57. The van der Waals surface area contributed by atoms with Crippen molar-refractivity contribution in [2.45, 2.75) is 48.6 Å². The maximum atomic E-state index is 14.5. The second-order valence-electron chi connectivity index (χ2n) is 10.2. The summed E-state index contributed by atoms with van der Waals surface area (Å²) >= 11 is 1.63. The van der Waals surface area contributed by atoms with Crippen molar-refractivity contribution in [2.24, 2.45) is 17.8 Å². The number of benzene rings is 1. The number of hydrogen-bond acceptors (Lipinski definition) is 7. The van der Waals surface area contributed by atoms with Gasteiger partial charge in [-0.15, -0.1) is 24.9 Å². The molecule has 9 heteroatoms. The molecule has 2 amide bonds. The van der Waals surface area contributed by atoms with Gasteiger partial charge in [-0.25, -0.2) is 0 Å². The predicted molar refractivity (Wildman–Crippen MR) is 148 cm³/mol. The van der Waals surface area contributed by atoms with Gasteiger partial charge in [0.25, 0.3) is 5.91 Å². The number of carbonyl (C=O) groups excluding carboxylic acids is 3. The zero-order chi connectivity index (χ0) is 27.4. The second kappa shape index (κ2) is 11.9. The number of methoxy groups -OCH3 is 1. The third kappa shape index (κ3) is 4.75. The number of rotatable bonds is 13. The molecular formula is C29H38N2O6S. The maximum absolute atomic E-state index is 14.5. The third-order valence-electron chi connectivity index (χ3n) is 8.09. The number of ether oxygens (including phenoxy) is 2. The van der Waals surface area contributed by atoms with Gasteiger partial charge in [0.05, 0.1) is 30.3 Å². The Morgan fingerprint density at radius 2 is 1.97 bits per heavy atom. The van der Waals surface area contributed by atoms with Crippen LogP contribution >= 0.6 is 11.8 Å². The number of unbranched alkanes of at least 4 members (excludes halogenated alkanes) is 1. The van der Waals surface area contributed by atoms with Crippen LogP contribution in [0.15, 0.2) is 49.6 Å². The summed E-state index contributed by atoms with van der Waals surface area (Å²) in [6.45, 7) is 10.5. The Morgan fingerprint density at radius 1 is 1.24 bits per heavy atom. The molecule has 0 aliphatic carbocycles. The highest BCUT2D eigenvalue weighted by atomic mass is 32.2. The number of esters is 1. The normalized spacial score (nSPS) is 29.2. The van der Waals surface area contributed by atoms with Gasteiger partial charge in [-0.2, -0.15) is 0 Å². The van der Waals surface area contributed by atoms with Gasteiger partial charge >= 0.3 is 5.97 Å². The van der Waals surface area contributed by atoms with Crippen LogP contribution in [0.2, 0.25) is 0 Å². The maximum Gasteiger partial charge on any atom is 0.310 e. The lowest BCUT2D eigenvalue weighted by Gasteiger charge is -2.40. The highest BCUT2D eigenvalue weighted by molar-refractivity contribution is 8.02. The van der Waals surface area contributed by atoms with Crippen molar-refractivity contribution < 1.29 is 29.0 Å². The highest BCUT2D eigenvalue weighted by Crippen LogP contribution is 2.68. The molecule has 3 unspecified atom stereocenters. The molecule has 4 rings (SSSR count). The second-order valence-corrected chi connectivity index (χ2v) is 11.7. The molecule has 3 aliphatic heterocycles. The number of aliphatic hydroxyl groups is 1. The Labute approximate surface area is 229 Å². The molecule has 1 N–H and O–H groups in total. The number of anilines is 1. The van der Waals surface area contributed by atoms with Crippen LogP contribution < -0.4 is 9.64 Å². The van der Waals surface area contributed by atoms with Crippen molar-refractivity contribution in [2.75, 3.05) is 38.3 Å². The quantitative estimate of drug-likeness (QED) is 0.232. The molecular weight excluding hydrogens is 504 g/mol. The van der Waals surface area contributed by atoms with Crippen LogP contribution in [0.1, 0.15) is 32.6 Å². The molecule has 2 bridgehead atoms. The average Bonchev–Trinajstić information content (AvgIpc) is 3.51. The smallest absolute Gasteiger partial charge is 0.310 e. The molecule has 206 valence electrons. The first-order valence-electron chi connectivity index (χ1n) is 13.3. The molecule has 6 atom stereocenters. The summed E-state index contributed by atoms with van der Waals surface area (Å²) in [5, 5.41) is 9.31. The van der Waals surface area contributed by atoms with E-state index in [4.69, 9.17) is 9.47 Å². The lowest BCUT2D eigenvalue weighted by molar-refractivity contribution is -0.154. The minimum Gasteiger partial charge on any atom is -0.497 e. The number of carbonyl (C=O) groups is 3. The van der Waals surface area contributed by atoms with Crippen molar-refractivity contribution in [3.8, 4) is 5.75 Å². The minimum absolute atomic E-state index is 0.00906. The van der Waals surface area contributed by atoms with Gasteiger partial charge in [-0.05, 0) is 55.9 Å². The number of thioether (sulfide) groups is 1. The molecule has 8 nitrogen and oxygen atoms in total. The standard InChI is InChI=1S/C29H38N2O6S/c1-5-7-17-37-28(35)23-22-18-19(3)29(38-22)24(23)26(33)31(15-8-9-16-32)25(29)27(34)30(14-6-2)20-10-12-21(36-4)13-11-20/h5-6,10-13,19,22-25,32H,1-2,7-9,14-18H2,3-4H3/t19?,22-,23+,24+,25?,29?/m1/s1. The van der Waals surface area contributed by atoms with Crippen molar-refractivity contribution in [1.82, 2.24) is 4.90 Å². The number of hydrogen-bond donors (Lipinski definition) is 1. The molecule has 1 spiro atoms. The summed E-state index contributed by atoms with van der Waals surface area (Å²) in [7, 11) is 1.59. The monoisotopic (exact) mass is 542 g/mol. The average molecular weight is 543 g/mol. The molecule has 38 heavy (non-hydrogen) atoms. The molecule has 0 aromatic heterocycles. The van der Waals surface area contributed by atoms with E-state index in [1.54, 1.807) is 53.0 Å². The fourth-order valence-corrected chi connectivity index (χ4v) is 8.81. The van der Waals surface area contributed by atoms with E-state index in [1.807, 2.05) is 12.1 Å². The summed E-state index contributed by atoms with van der Waals surface area (Å²) in [6.07, 6.45) is 5.74. The Hall–Kier alpha value is -2.78. The van der Waals surface area contributed by atoms with Crippen molar-refractivity contribution >= 4 is 35.2 Å². The molecule has 0 saturated carbocycles. The van der Waals surface area contributed by atoms with E-state index in [0.29, 0.717) is 37.2 Å². The van der Waals surface area contributed by atoms with Crippen LogP contribution in [0.5, 0.6) is 5.75 Å². The third-order valence-corrected chi connectivity index (χ3v) is 10.2. The highest BCUT2D eigenvalue weighted by Gasteiger charge is 2.76. The van der Waals surface area contributed by atoms with Crippen LogP contribution in [0, 0.1) is 17.8 Å². The van der Waals surface area contributed by atoms with E-state index in [0.717, 1.165) is 6.42 Å². The lowest BCUT2D eigenvalue weighted by atomic mass is 9.66. The van der Waals surface area contributed by atoms with Crippen LogP contribution in [0.3, 0.4) is 0 Å². The molecule has 3 saturated heterocycles.